The van der Waals surface area contributed by atoms with Crippen molar-refractivity contribution in [3.05, 3.63) is 53.7 Å². The molecule has 0 atom stereocenters. The molecular formula is C13H10N2O. The Bertz CT molecular complexity index is 544. The summed E-state index contributed by atoms with van der Waals surface area (Å²) in [5.41, 5.74) is 1.54. The molecule has 0 bridgehead atoms. The lowest BCUT2D eigenvalue weighted by atomic mass is 10.2. The molecule has 3 heteroatoms. The SMILES string of the molecule is Cc1cccc(Oc2ncccc2C#N)c1. The van der Waals surface area contributed by atoms with Gasteiger partial charge in [-0.15, -0.1) is 0 Å². The van der Waals surface area contributed by atoms with E-state index in [1.54, 1.807) is 18.3 Å². The molecule has 0 spiro atoms. The maximum absolute atomic E-state index is 8.88. The van der Waals surface area contributed by atoms with Gasteiger partial charge >= 0.3 is 0 Å². The minimum atomic E-state index is 0.343. The van der Waals surface area contributed by atoms with E-state index in [4.69, 9.17) is 10.00 Å². The molecule has 2 aromatic rings. The molecule has 0 amide bonds. The zero-order valence-corrected chi connectivity index (χ0v) is 8.84. The summed E-state index contributed by atoms with van der Waals surface area (Å²) in [6.45, 7) is 1.98. The van der Waals surface area contributed by atoms with E-state index in [2.05, 4.69) is 4.98 Å². The van der Waals surface area contributed by atoms with E-state index in [-0.39, 0.29) is 0 Å². The number of nitrogens with zero attached hydrogens (tertiary/aromatic N) is 2. The minimum absolute atomic E-state index is 0.343. The Morgan fingerprint density at radius 2 is 2.12 bits per heavy atom. The number of rotatable bonds is 2. The van der Waals surface area contributed by atoms with E-state index >= 15 is 0 Å². The van der Waals surface area contributed by atoms with Crippen LogP contribution in [-0.2, 0) is 0 Å². The van der Waals surface area contributed by atoms with Gasteiger partial charge in [0.05, 0.1) is 0 Å². The molecule has 0 aliphatic heterocycles. The van der Waals surface area contributed by atoms with E-state index in [0.29, 0.717) is 17.2 Å². The second-order valence-corrected chi connectivity index (χ2v) is 3.39. The summed E-state index contributed by atoms with van der Waals surface area (Å²) in [4.78, 5) is 4.03. The van der Waals surface area contributed by atoms with E-state index in [0.717, 1.165) is 5.56 Å². The van der Waals surface area contributed by atoms with Crippen LogP contribution < -0.4 is 4.74 Å². The number of aryl methyl sites for hydroxylation is 1. The third-order valence-corrected chi connectivity index (χ3v) is 2.10. The van der Waals surface area contributed by atoms with Gasteiger partial charge in [0.25, 0.3) is 0 Å². The molecular weight excluding hydrogens is 200 g/mol. The van der Waals surface area contributed by atoms with Crippen molar-refractivity contribution in [2.45, 2.75) is 6.92 Å². The van der Waals surface area contributed by atoms with Crippen LogP contribution in [0.4, 0.5) is 0 Å². The predicted molar refractivity (Wildman–Crippen MR) is 60.2 cm³/mol. The van der Waals surface area contributed by atoms with E-state index in [1.807, 2.05) is 37.3 Å². The van der Waals surface area contributed by atoms with Crippen LogP contribution >= 0.6 is 0 Å². The van der Waals surface area contributed by atoms with Crippen molar-refractivity contribution in [2.24, 2.45) is 0 Å². The number of pyridine rings is 1. The molecule has 78 valence electrons. The Kier molecular flexibility index (Phi) is 2.84. The van der Waals surface area contributed by atoms with Gasteiger partial charge in [-0.1, -0.05) is 12.1 Å². The zero-order chi connectivity index (χ0) is 11.4. The molecule has 0 saturated carbocycles. The molecule has 0 fully saturated rings. The lowest BCUT2D eigenvalue weighted by Crippen LogP contribution is -1.91. The van der Waals surface area contributed by atoms with Gasteiger partial charge in [0.1, 0.15) is 17.4 Å². The molecule has 1 aromatic carbocycles. The van der Waals surface area contributed by atoms with Crippen LogP contribution in [0.5, 0.6) is 11.6 Å². The topological polar surface area (TPSA) is 45.9 Å². The summed E-state index contributed by atoms with van der Waals surface area (Å²) in [6, 6.07) is 13.1. The van der Waals surface area contributed by atoms with Gasteiger partial charge in [-0.05, 0) is 36.8 Å². The number of nitriles is 1. The highest BCUT2D eigenvalue weighted by atomic mass is 16.5. The maximum Gasteiger partial charge on any atom is 0.237 e. The second kappa shape index (κ2) is 4.45. The van der Waals surface area contributed by atoms with Crippen LogP contribution in [0.15, 0.2) is 42.6 Å². The Morgan fingerprint density at radius 1 is 1.25 bits per heavy atom. The van der Waals surface area contributed by atoms with Crippen molar-refractivity contribution < 1.29 is 4.74 Å². The van der Waals surface area contributed by atoms with Crippen LogP contribution in [0.2, 0.25) is 0 Å². The molecule has 3 nitrogen and oxygen atoms in total. The van der Waals surface area contributed by atoms with Crippen LogP contribution in [-0.4, -0.2) is 4.98 Å². The largest absolute Gasteiger partial charge is 0.438 e. The van der Waals surface area contributed by atoms with Crippen molar-refractivity contribution in [1.29, 1.82) is 5.26 Å². The lowest BCUT2D eigenvalue weighted by Gasteiger charge is -2.05. The van der Waals surface area contributed by atoms with Crippen molar-refractivity contribution in [3.63, 3.8) is 0 Å². The quantitative estimate of drug-likeness (QED) is 0.765. The summed E-state index contributed by atoms with van der Waals surface area (Å²) < 4.78 is 5.55. The monoisotopic (exact) mass is 210 g/mol. The molecule has 1 heterocycles. The fourth-order valence-corrected chi connectivity index (χ4v) is 1.35. The predicted octanol–water partition coefficient (Wildman–Crippen LogP) is 3.05. The van der Waals surface area contributed by atoms with Crippen LogP contribution in [0.3, 0.4) is 0 Å². The van der Waals surface area contributed by atoms with E-state index < -0.39 is 0 Å². The molecule has 0 unspecified atom stereocenters. The number of benzene rings is 1. The van der Waals surface area contributed by atoms with Crippen LogP contribution in [0, 0.1) is 18.3 Å². The minimum Gasteiger partial charge on any atom is -0.438 e. The van der Waals surface area contributed by atoms with Crippen molar-refractivity contribution in [1.82, 2.24) is 4.98 Å². The Labute approximate surface area is 93.9 Å². The highest BCUT2D eigenvalue weighted by Gasteiger charge is 2.04. The van der Waals surface area contributed by atoms with Gasteiger partial charge in [0, 0.05) is 6.20 Å². The number of hydrogen-bond acceptors (Lipinski definition) is 3. The van der Waals surface area contributed by atoms with Gasteiger partial charge < -0.3 is 4.74 Å². The van der Waals surface area contributed by atoms with Gasteiger partial charge in [-0.2, -0.15) is 5.26 Å². The van der Waals surface area contributed by atoms with Crippen molar-refractivity contribution >= 4 is 0 Å². The standard InChI is InChI=1S/C13H10N2O/c1-10-4-2-6-12(8-10)16-13-11(9-14)5-3-7-15-13/h2-8H,1H3. The highest BCUT2D eigenvalue weighted by molar-refractivity contribution is 5.40. The molecule has 16 heavy (non-hydrogen) atoms. The molecule has 0 aliphatic rings. The Balaban J connectivity index is 2.31. The first-order chi connectivity index (χ1) is 7.79. The molecule has 1 aromatic heterocycles. The third-order valence-electron chi connectivity index (χ3n) is 2.10. The fourth-order valence-electron chi connectivity index (χ4n) is 1.35. The lowest BCUT2D eigenvalue weighted by molar-refractivity contribution is 0.461. The summed E-state index contributed by atoms with van der Waals surface area (Å²) in [5, 5.41) is 8.88. The van der Waals surface area contributed by atoms with Gasteiger partial charge in [0.2, 0.25) is 5.88 Å². The number of hydrogen-bond donors (Lipinski definition) is 0. The molecule has 0 N–H and O–H groups in total. The molecule has 0 saturated heterocycles. The summed E-state index contributed by atoms with van der Waals surface area (Å²) in [7, 11) is 0. The highest BCUT2D eigenvalue weighted by Crippen LogP contribution is 2.22. The smallest absolute Gasteiger partial charge is 0.237 e. The van der Waals surface area contributed by atoms with Gasteiger partial charge in [-0.3, -0.25) is 0 Å². The van der Waals surface area contributed by atoms with E-state index in [9.17, 15) is 0 Å². The van der Waals surface area contributed by atoms with Gasteiger partial charge in [0.15, 0.2) is 0 Å². The Hall–Kier alpha value is -2.34. The fraction of sp³-hybridized carbons (Fsp3) is 0.0769. The van der Waals surface area contributed by atoms with Gasteiger partial charge in [-0.25, -0.2) is 4.98 Å². The number of aromatic nitrogens is 1. The maximum atomic E-state index is 8.88. The first-order valence-electron chi connectivity index (χ1n) is 4.89. The molecule has 0 aliphatic carbocycles. The second-order valence-electron chi connectivity index (χ2n) is 3.39. The van der Waals surface area contributed by atoms with E-state index in [1.165, 1.54) is 0 Å². The first kappa shape index (κ1) is 10.2. The van der Waals surface area contributed by atoms with Crippen molar-refractivity contribution in [2.75, 3.05) is 0 Å². The Morgan fingerprint density at radius 3 is 2.88 bits per heavy atom. The third kappa shape index (κ3) is 2.18. The summed E-state index contributed by atoms with van der Waals surface area (Å²) in [5.74, 6) is 1.03. The van der Waals surface area contributed by atoms with Crippen LogP contribution in [0.1, 0.15) is 11.1 Å². The summed E-state index contributed by atoms with van der Waals surface area (Å²) in [6.07, 6.45) is 1.60. The zero-order valence-electron chi connectivity index (χ0n) is 8.84. The summed E-state index contributed by atoms with van der Waals surface area (Å²) >= 11 is 0. The van der Waals surface area contributed by atoms with Crippen LogP contribution in [0.25, 0.3) is 0 Å². The first-order valence-corrected chi connectivity index (χ1v) is 4.89. The number of ether oxygens (including phenoxy) is 1. The van der Waals surface area contributed by atoms with Crippen molar-refractivity contribution in [3.8, 4) is 17.7 Å². The molecule has 2 rings (SSSR count). The average molecular weight is 210 g/mol. The molecule has 0 radical (unpaired) electrons. The average Bonchev–Trinajstić information content (AvgIpc) is 2.30. The normalized spacial score (nSPS) is 9.50.